The van der Waals surface area contributed by atoms with Crippen LogP contribution in [0, 0.1) is 5.92 Å². The van der Waals surface area contributed by atoms with Crippen molar-refractivity contribution in [2.45, 2.75) is 51.2 Å². The average Bonchev–Trinajstić information content (AvgIpc) is 2.61. The number of carbonyl (C=O) groups is 1. The minimum absolute atomic E-state index is 0.00746. The smallest absolute Gasteiger partial charge is 0.317 e. The van der Waals surface area contributed by atoms with Crippen molar-refractivity contribution < 1.29 is 9.90 Å². The van der Waals surface area contributed by atoms with Gasteiger partial charge in [-0.3, -0.25) is 0 Å². The maximum absolute atomic E-state index is 12.5. The molecule has 0 spiro atoms. The Kier molecular flexibility index (Phi) is 7.72. The van der Waals surface area contributed by atoms with Gasteiger partial charge in [0, 0.05) is 38.8 Å². The minimum atomic E-state index is 0.00746. The summed E-state index contributed by atoms with van der Waals surface area (Å²) in [6.07, 6.45) is 3.98. The third-order valence-corrected chi connectivity index (χ3v) is 5.19. The molecule has 2 N–H and O–H groups in total. The molecule has 5 nitrogen and oxygen atoms in total. The van der Waals surface area contributed by atoms with Crippen LogP contribution in [0.3, 0.4) is 0 Å². The monoisotopic (exact) mass is 347 g/mol. The number of rotatable bonds is 7. The van der Waals surface area contributed by atoms with Crippen LogP contribution in [-0.2, 0) is 6.54 Å². The summed E-state index contributed by atoms with van der Waals surface area (Å²) < 4.78 is 0. The molecule has 5 heteroatoms. The second-order valence-electron chi connectivity index (χ2n) is 7.50. The lowest BCUT2D eigenvalue weighted by atomic mass is 9.86. The van der Waals surface area contributed by atoms with Crippen LogP contribution in [0.4, 0.5) is 4.79 Å². The highest BCUT2D eigenvalue weighted by atomic mass is 16.3. The van der Waals surface area contributed by atoms with E-state index in [-0.39, 0.29) is 24.7 Å². The standard InChI is InChI=1S/C20H33N3O2/c1-16(13-22(2)14-17-7-5-4-6-8-17)21-20(25)23(3)19-11-9-18(15-24)10-12-19/h4-8,16,18-19,24H,9-15H2,1-3H3,(H,21,25). The summed E-state index contributed by atoms with van der Waals surface area (Å²) >= 11 is 0. The van der Waals surface area contributed by atoms with Gasteiger partial charge in [0.25, 0.3) is 0 Å². The van der Waals surface area contributed by atoms with E-state index in [1.165, 1.54) is 5.56 Å². The lowest BCUT2D eigenvalue weighted by molar-refractivity contribution is 0.132. The fourth-order valence-electron chi connectivity index (χ4n) is 3.67. The summed E-state index contributed by atoms with van der Waals surface area (Å²) in [7, 11) is 3.97. The molecular formula is C20H33N3O2. The van der Waals surface area contributed by atoms with Crippen LogP contribution in [0.5, 0.6) is 0 Å². The fraction of sp³-hybridized carbons (Fsp3) is 0.650. The molecular weight excluding hydrogens is 314 g/mol. The van der Waals surface area contributed by atoms with Gasteiger partial charge in [-0.25, -0.2) is 4.79 Å². The normalized spacial score (nSPS) is 21.8. The van der Waals surface area contributed by atoms with Gasteiger partial charge in [0.2, 0.25) is 0 Å². The van der Waals surface area contributed by atoms with Gasteiger partial charge in [0.05, 0.1) is 0 Å². The highest BCUT2D eigenvalue weighted by molar-refractivity contribution is 5.74. The molecule has 140 valence electrons. The van der Waals surface area contributed by atoms with Crippen LogP contribution >= 0.6 is 0 Å². The summed E-state index contributed by atoms with van der Waals surface area (Å²) in [5.41, 5.74) is 1.28. The maximum atomic E-state index is 12.5. The number of likely N-dealkylation sites (N-methyl/N-ethyl adjacent to an activating group) is 1. The first-order chi connectivity index (χ1) is 12.0. The Bertz CT molecular complexity index is 515. The molecule has 1 aliphatic rings. The Morgan fingerprint density at radius 3 is 2.44 bits per heavy atom. The zero-order valence-corrected chi connectivity index (χ0v) is 15.8. The Morgan fingerprint density at radius 2 is 1.84 bits per heavy atom. The number of aliphatic hydroxyl groups is 1. The zero-order chi connectivity index (χ0) is 18.2. The van der Waals surface area contributed by atoms with Crippen molar-refractivity contribution in [1.29, 1.82) is 0 Å². The van der Waals surface area contributed by atoms with Gasteiger partial charge < -0.3 is 20.2 Å². The summed E-state index contributed by atoms with van der Waals surface area (Å²) in [6.45, 7) is 4.01. The third-order valence-electron chi connectivity index (χ3n) is 5.19. The molecule has 1 saturated carbocycles. The number of nitrogens with zero attached hydrogens (tertiary/aromatic N) is 2. The number of urea groups is 1. The van der Waals surface area contributed by atoms with Crippen LogP contribution in [0.2, 0.25) is 0 Å². The molecule has 1 aromatic rings. The van der Waals surface area contributed by atoms with Crippen LogP contribution in [0.25, 0.3) is 0 Å². The maximum Gasteiger partial charge on any atom is 0.317 e. The highest BCUT2D eigenvalue weighted by Crippen LogP contribution is 2.26. The van der Waals surface area contributed by atoms with Crippen molar-refractivity contribution in [2.75, 3.05) is 27.2 Å². The van der Waals surface area contributed by atoms with Crippen LogP contribution < -0.4 is 5.32 Å². The molecule has 1 fully saturated rings. The number of benzene rings is 1. The van der Waals surface area contributed by atoms with Gasteiger partial charge in [0.1, 0.15) is 0 Å². The number of aliphatic hydroxyl groups excluding tert-OH is 1. The van der Waals surface area contributed by atoms with Gasteiger partial charge >= 0.3 is 6.03 Å². The lowest BCUT2D eigenvalue weighted by Crippen LogP contribution is -2.49. The Hall–Kier alpha value is -1.59. The third kappa shape index (κ3) is 6.33. The van der Waals surface area contributed by atoms with Gasteiger partial charge in [-0.2, -0.15) is 0 Å². The fourth-order valence-corrected chi connectivity index (χ4v) is 3.67. The second kappa shape index (κ2) is 9.78. The van der Waals surface area contributed by atoms with E-state index in [0.717, 1.165) is 38.8 Å². The van der Waals surface area contributed by atoms with Gasteiger partial charge in [-0.1, -0.05) is 30.3 Å². The van der Waals surface area contributed by atoms with Gasteiger partial charge in [-0.15, -0.1) is 0 Å². The van der Waals surface area contributed by atoms with Crippen molar-refractivity contribution >= 4 is 6.03 Å². The first kappa shape index (κ1) is 19.7. The Balaban J connectivity index is 1.73. The van der Waals surface area contributed by atoms with E-state index in [9.17, 15) is 9.90 Å². The molecule has 1 aromatic carbocycles. The molecule has 0 aliphatic heterocycles. The average molecular weight is 348 g/mol. The van der Waals surface area contributed by atoms with Crippen molar-refractivity contribution in [3.63, 3.8) is 0 Å². The number of hydrogen-bond acceptors (Lipinski definition) is 3. The second-order valence-corrected chi connectivity index (χ2v) is 7.50. The van der Waals surface area contributed by atoms with Crippen molar-refractivity contribution in [2.24, 2.45) is 5.92 Å². The van der Waals surface area contributed by atoms with Crippen molar-refractivity contribution in [3.8, 4) is 0 Å². The molecule has 0 heterocycles. The SMILES string of the molecule is CC(CN(C)Cc1ccccc1)NC(=O)N(C)C1CCC(CO)CC1. The largest absolute Gasteiger partial charge is 0.396 e. The quantitative estimate of drug-likeness (QED) is 0.797. The van der Waals surface area contributed by atoms with Gasteiger partial charge in [0.15, 0.2) is 0 Å². The Labute approximate surface area is 152 Å². The topological polar surface area (TPSA) is 55.8 Å². The molecule has 0 saturated heterocycles. The first-order valence-corrected chi connectivity index (χ1v) is 9.36. The van der Waals surface area contributed by atoms with E-state index in [4.69, 9.17) is 0 Å². The predicted octanol–water partition coefficient (Wildman–Crippen LogP) is 2.70. The molecule has 0 radical (unpaired) electrons. The van der Waals surface area contributed by atoms with Gasteiger partial charge in [-0.05, 0) is 51.1 Å². The number of amides is 2. The highest BCUT2D eigenvalue weighted by Gasteiger charge is 2.26. The minimum Gasteiger partial charge on any atom is -0.396 e. The summed E-state index contributed by atoms with van der Waals surface area (Å²) in [5, 5.41) is 12.4. The number of carbonyl (C=O) groups excluding carboxylic acids is 1. The molecule has 2 rings (SSSR count). The van der Waals surface area contributed by atoms with Crippen LogP contribution in [0.15, 0.2) is 30.3 Å². The van der Waals surface area contributed by atoms with Crippen molar-refractivity contribution in [1.82, 2.24) is 15.1 Å². The number of hydrogen-bond donors (Lipinski definition) is 2. The summed E-state index contributed by atoms with van der Waals surface area (Å²) in [6, 6.07) is 10.8. The van der Waals surface area contributed by atoms with E-state index in [0.29, 0.717) is 5.92 Å². The number of nitrogens with one attached hydrogen (secondary N) is 1. The molecule has 1 unspecified atom stereocenters. The van der Waals surface area contributed by atoms with E-state index in [1.54, 1.807) is 0 Å². The lowest BCUT2D eigenvalue weighted by Gasteiger charge is -2.35. The van der Waals surface area contributed by atoms with Crippen LogP contribution in [0.1, 0.15) is 38.2 Å². The Morgan fingerprint density at radius 1 is 1.20 bits per heavy atom. The molecule has 2 amide bonds. The van der Waals surface area contributed by atoms with Crippen LogP contribution in [-0.4, -0.2) is 60.3 Å². The summed E-state index contributed by atoms with van der Waals surface area (Å²) in [5.74, 6) is 0.415. The van der Waals surface area contributed by atoms with Crippen molar-refractivity contribution in [3.05, 3.63) is 35.9 Å². The molecule has 25 heavy (non-hydrogen) atoms. The first-order valence-electron chi connectivity index (χ1n) is 9.36. The molecule has 0 aromatic heterocycles. The van der Waals surface area contributed by atoms with E-state index < -0.39 is 0 Å². The van der Waals surface area contributed by atoms with E-state index in [1.807, 2.05) is 18.0 Å². The summed E-state index contributed by atoms with van der Waals surface area (Å²) in [4.78, 5) is 16.6. The zero-order valence-electron chi connectivity index (χ0n) is 15.8. The van der Waals surface area contributed by atoms with E-state index >= 15 is 0 Å². The molecule has 1 atom stereocenters. The molecule has 0 bridgehead atoms. The predicted molar refractivity (Wildman–Crippen MR) is 101 cm³/mol. The molecule has 1 aliphatic carbocycles. The van der Waals surface area contributed by atoms with E-state index in [2.05, 4.69) is 48.5 Å².